The molecule has 0 aliphatic carbocycles. The highest BCUT2D eigenvalue weighted by Gasteiger charge is 2.26. The van der Waals surface area contributed by atoms with Crippen LogP contribution in [0.15, 0.2) is 42.5 Å². The monoisotopic (exact) mass is 328 g/mol. The third kappa shape index (κ3) is 3.35. The number of hydrogen-bond acceptors (Lipinski definition) is 3. The number of para-hydroxylation sites is 2. The van der Waals surface area contributed by atoms with Crippen LogP contribution in [-0.2, 0) is 10.2 Å². The first-order chi connectivity index (χ1) is 11.3. The zero-order valence-corrected chi connectivity index (χ0v) is 14.0. The van der Waals surface area contributed by atoms with Crippen LogP contribution in [0.1, 0.15) is 26.3 Å². The van der Waals surface area contributed by atoms with Crippen LogP contribution in [0.25, 0.3) is 0 Å². The Labute approximate surface area is 141 Å². The highest BCUT2D eigenvalue weighted by molar-refractivity contribution is 5.95. The molecule has 0 aromatic heterocycles. The molecule has 0 saturated heterocycles. The third-order valence-corrected chi connectivity index (χ3v) is 3.97. The summed E-state index contributed by atoms with van der Waals surface area (Å²) in [7, 11) is 0. The Bertz CT molecular complexity index is 768. The maximum atomic E-state index is 14.2. The molecule has 0 saturated carbocycles. The van der Waals surface area contributed by atoms with Gasteiger partial charge in [-0.25, -0.2) is 4.39 Å². The number of amides is 1. The molecule has 0 bridgehead atoms. The summed E-state index contributed by atoms with van der Waals surface area (Å²) in [6.07, 6.45) is -0.662. The lowest BCUT2D eigenvalue weighted by Crippen LogP contribution is -2.41. The number of halogens is 1. The Morgan fingerprint density at radius 3 is 2.71 bits per heavy atom. The van der Waals surface area contributed by atoms with E-state index in [1.165, 1.54) is 6.07 Å². The molecule has 1 unspecified atom stereocenters. The smallest absolute Gasteiger partial charge is 0.267 e. The van der Waals surface area contributed by atoms with Crippen molar-refractivity contribution in [1.29, 1.82) is 0 Å². The van der Waals surface area contributed by atoms with E-state index in [1.807, 2.05) is 39.0 Å². The molecule has 1 aliphatic rings. The topological polar surface area (TPSA) is 50.4 Å². The lowest BCUT2D eigenvalue weighted by atomic mass is 9.86. The van der Waals surface area contributed by atoms with Crippen molar-refractivity contribution in [1.82, 2.24) is 0 Å². The van der Waals surface area contributed by atoms with Gasteiger partial charge in [0.1, 0.15) is 11.6 Å². The molecule has 2 N–H and O–H groups in total. The van der Waals surface area contributed by atoms with E-state index in [1.54, 1.807) is 18.2 Å². The van der Waals surface area contributed by atoms with Gasteiger partial charge in [0.05, 0.1) is 12.2 Å². The van der Waals surface area contributed by atoms with Gasteiger partial charge in [0, 0.05) is 5.69 Å². The first-order valence-electron chi connectivity index (χ1n) is 7.95. The number of hydrogen-bond donors (Lipinski definition) is 2. The molecule has 0 fully saturated rings. The number of anilines is 2. The predicted molar refractivity (Wildman–Crippen MR) is 93.1 cm³/mol. The Morgan fingerprint density at radius 1 is 1.25 bits per heavy atom. The minimum absolute atomic E-state index is 0.285. The van der Waals surface area contributed by atoms with E-state index in [0.717, 1.165) is 5.69 Å². The van der Waals surface area contributed by atoms with Crippen molar-refractivity contribution in [3.63, 3.8) is 0 Å². The molecule has 3 rings (SSSR count). The van der Waals surface area contributed by atoms with E-state index in [2.05, 4.69) is 10.6 Å². The van der Waals surface area contributed by atoms with E-state index >= 15 is 0 Å². The fraction of sp³-hybridized carbons (Fsp3) is 0.316. The van der Waals surface area contributed by atoms with Gasteiger partial charge in [-0.15, -0.1) is 0 Å². The van der Waals surface area contributed by atoms with Gasteiger partial charge in [0.2, 0.25) is 0 Å². The van der Waals surface area contributed by atoms with Gasteiger partial charge in [-0.2, -0.15) is 0 Å². The molecule has 126 valence electrons. The largest absolute Gasteiger partial charge is 0.477 e. The second kappa shape index (κ2) is 6.15. The molecule has 4 nitrogen and oxygen atoms in total. The lowest BCUT2D eigenvalue weighted by Gasteiger charge is -2.26. The number of rotatable bonds is 2. The van der Waals surface area contributed by atoms with Crippen molar-refractivity contribution < 1.29 is 13.9 Å². The quantitative estimate of drug-likeness (QED) is 0.878. The number of carbonyl (C=O) groups excluding carboxylic acids is 1. The molecule has 1 heterocycles. The molecule has 0 spiro atoms. The molecule has 5 heteroatoms. The van der Waals surface area contributed by atoms with Crippen molar-refractivity contribution in [2.75, 3.05) is 17.2 Å². The van der Waals surface area contributed by atoms with Gasteiger partial charge in [0.25, 0.3) is 5.91 Å². The first kappa shape index (κ1) is 16.3. The molecule has 1 aliphatic heterocycles. The zero-order valence-electron chi connectivity index (χ0n) is 14.0. The SMILES string of the molecule is CC(C)(C)c1ccc(NC(=O)C2CNc3ccccc3O2)cc1F. The zero-order chi connectivity index (χ0) is 17.3. The molecular formula is C19H21FN2O2. The summed E-state index contributed by atoms with van der Waals surface area (Å²) in [6.45, 7) is 6.21. The fourth-order valence-electron chi connectivity index (χ4n) is 2.68. The van der Waals surface area contributed by atoms with Crippen LogP contribution in [0.5, 0.6) is 5.75 Å². The number of benzene rings is 2. The average Bonchev–Trinajstić information content (AvgIpc) is 2.53. The Hall–Kier alpha value is -2.56. The van der Waals surface area contributed by atoms with Gasteiger partial charge < -0.3 is 15.4 Å². The summed E-state index contributed by atoms with van der Waals surface area (Å²) in [4.78, 5) is 12.4. The summed E-state index contributed by atoms with van der Waals surface area (Å²) >= 11 is 0. The van der Waals surface area contributed by atoms with Crippen molar-refractivity contribution in [2.24, 2.45) is 0 Å². The van der Waals surface area contributed by atoms with E-state index in [9.17, 15) is 9.18 Å². The highest BCUT2D eigenvalue weighted by atomic mass is 19.1. The van der Waals surface area contributed by atoms with Gasteiger partial charge in [-0.1, -0.05) is 39.0 Å². The van der Waals surface area contributed by atoms with E-state index in [0.29, 0.717) is 23.5 Å². The third-order valence-electron chi connectivity index (χ3n) is 3.97. The van der Waals surface area contributed by atoms with Crippen LogP contribution in [0, 0.1) is 5.82 Å². The van der Waals surface area contributed by atoms with Crippen LogP contribution < -0.4 is 15.4 Å². The second-order valence-corrected chi connectivity index (χ2v) is 6.92. The maximum absolute atomic E-state index is 14.2. The minimum atomic E-state index is -0.662. The van der Waals surface area contributed by atoms with Gasteiger partial charge >= 0.3 is 0 Å². The van der Waals surface area contributed by atoms with Crippen molar-refractivity contribution >= 4 is 17.3 Å². The molecule has 2 aromatic rings. The van der Waals surface area contributed by atoms with Crippen molar-refractivity contribution in [2.45, 2.75) is 32.3 Å². The van der Waals surface area contributed by atoms with E-state index < -0.39 is 6.10 Å². The Morgan fingerprint density at radius 2 is 2.00 bits per heavy atom. The van der Waals surface area contributed by atoms with Gasteiger partial charge in [-0.05, 0) is 35.2 Å². The summed E-state index contributed by atoms with van der Waals surface area (Å²) in [5.74, 6) is 0.00593. The number of ether oxygens (including phenoxy) is 1. The molecule has 1 amide bonds. The van der Waals surface area contributed by atoms with Crippen LogP contribution in [-0.4, -0.2) is 18.6 Å². The van der Waals surface area contributed by atoms with Crippen molar-refractivity contribution in [3.8, 4) is 5.75 Å². The van der Waals surface area contributed by atoms with Crippen LogP contribution in [0.2, 0.25) is 0 Å². The van der Waals surface area contributed by atoms with E-state index in [4.69, 9.17) is 4.74 Å². The van der Waals surface area contributed by atoms with Gasteiger partial charge in [0.15, 0.2) is 6.10 Å². The average molecular weight is 328 g/mol. The van der Waals surface area contributed by atoms with Gasteiger partial charge in [-0.3, -0.25) is 4.79 Å². The van der Waals surface area contributed by atoms with E-state index in [-0.39, 0.29) is 17.1 Å². The summed E-state index contributed by atoms with van der Waals surface area (Å²) in [6, 6.07) is 12.2. The summed E-state index contributed by atoms with van der Waals surface area (Å²) in [5.41, 5.74) is 1.62. The highest BCUT2D eigenvalue weighted by Crippen LogP contribution is 2.29. The Kier molecular flexibility index (Phi) is 4.18. The normalized spacial score (nSPS) is 16.6. The predicted octanol–water partition coefficient (Wildman–Crippen LogP) is 3.93. The molecule has 2 aromatic carbocycles. The fourth-order valence-corrected chi connectivity index (χ4v) is 2.68. The minimum Gasteiger partial charge on any atom is -0.477 e. The van der Waals surface area contributed by atoms with Crippen LogP contribution >= 0.6 is 0 Å². The summed E-state index contributed by atoms with van der Waals surface area (Å²) in [5, 5.41) is 5.88. The lowest BCUT2D eigenvalue weighted by molar-refractivity contribution is -0.122. The van der Waals surface area contributed by atoms with Crippen LogP contribution in [0.4, 0.5) is 15.8 Å². The van der Waals surface area contributed by atoms with Crippen molar-refractivity contribution in [3.05, 3.63) is 53.8 Å². The number of nitrogens with one attached hydrogen (secondary N) is 2. The second-order valence-electron chi connectivity index (χ2n) is 6.92. The summed E-state index contributed by atoms with van der Waals surface area (Å²) < 4.78 is 19.9. The molecular weight excluding hydrogens is 307 g/mol. The maximum Gasteiger partial charge on any atom is 0.267 e. The standard InChI is InChI=1S/C19H21FN2O2/c1-19(2,3)13-9-8-12(10-14(13)20)22-18(23)17-11-21-15-6-4-5-7-16(15)24-17/h4-10,17,21H,11H2,1-3H3,(H,22,23). The Balaban J connectivity index is 1.71. The molecule has 0 radical (unpaired) electrons. The number of carbonyl (C=O) groups is 1. The molecule has 1 atom stereocenters. The first-order valence-corrected chi connectivity index (χ1v) is 7.95. The molecule has 24 heavy (non-hydrogen) atoms. The number of fused-ring (bicyclic) bond motifs is 1. The van der Waals surface area contributed by atoms with Crippen LogP contribution in [0.3, 0.4) is 0 Å².